The Balaban J connectivity index is 2.12. The van der Waals surface area contributed by atoms with Gasteiger partial charge in [-0.1, -0.05) is 0 Å². The van der Waals surface area contributed by atoms with E-state index in [9.17, 15) is 0 Å². The van der Waals surface area contributed by atoms with Crippen LogP contribution in [0.5, 0.6) is 0 Å². The molecule has 1 heterocycles. The van der Waals surface area contributed by atoms with Gasteiger partial charge in [-0.3, -0.25) is 0 Å². The van der Waals surface area contributed by atoms with Crippen molar-refractivity contribution in [1.82, 2.24) is 0 Å². The van der Waals surface area contributed by atoms with Gasteiger partial charge >= 0.3 is 0 Å². The van der Waals surface area contributed by atoms with E-state index < -0.39 is 0 Å². The third-order valence-electron chi connectivity index (χ3n) is 0.831. The molecule has 0 aromatic rings. The molecule has 1 atom stereocenters. The van der Waals surface area contributed by atoms with Gasteiger partial charge in [0.1, 0.15) is 0 Å². The second-order valence-electron chi connectivity index (χ2n) is 1.62. The van der Waals surface area contributed by atoms with Gasteiger partial charge in [0.2, 0.25) is 0 Å². The molecule has 2 N–H and O–H groups in total. The van der Waals surface area contributed by atoms with Gasteiger partial charge in [-0.05, 0) is 0 Å². The molecular weight excluding hydrogens is 110 g/mol. The summed E-state index contributed by atoms with van der Waals surface area (Å²) in [4.78, 5) is 0. The third-order valence-corrected chi connectivity index (χ3v) is 1.83. The Morgan fingerprint density at radius 3 is 2.86 bits per heavy atom. The second kappa shape index (κ2) is 2.55. The summed E-state index contributed by atoms with van der Waals surface area (Å²) >= 11 is 1.76. The Bertz CT molecular complexity index is 53.7. The molecule has 1 aliphatic heterocycles. The number of hydrogen-bond acceptors (Lipinski definition) is 3. The van der Waals surface area contributed by atoms with Crippen LogP contribution in [-0.2, 0) is 4.74 Å². The highest BCUT2D eigenvalue weighted by molar-refractivity contribution is 7.99. The molecule has 1 unspecified atom stereocenters. The van der Waals surface area contributed by atoms with Crippen molar-refractivity contribution >= 4 is 11.8 Å². The van der Waals surface area contributed by atoms with Gasteiger partial charge in [0.15, 0.2) is 0 Å². The summed E-state index contributed by atoms with van der Waals surface area (Å²) in [6.07, 6.45) is 0. The molecule has 0 aliphatic carbocycles. The maximum Gasteiger partial charge on any atom is 0.0922 e. The fourth-order valence-electron chi connectivity index (χ4n) is 0.506. The van der Waals surface area contributed by atoms with Gasteiger partial charge in [0.25, 0.3) is 0 Å². The standard InChI is InChI=1S/C4H9NOS/c5-4-1-6-3-7-2-4/h4H,1-3,5H2. The van der Waals surface area contributed by atoms with Crippen molar-refractivity contribution in [3.8, 4) is 0 Å². The van der Waals surface area contributed by atoms with Crippen LogP contribution in [0.15, 0.2) is 0 Å². The first kappa shape index (κ1) is 5.41. The maximum atomic E-state index is 5.49. The quantitative estimate of drug-likeness (QED) is 0.489. The average Bonchev–Trinajstić information content (AvgIpc) is 1.69. The molecule has 1 rings (SSSR count). The van der Waals surface area contributed by atoms with Crippen LogP contribution < -0.4 is 5.73 Å². The SMILES string of the molecule is NC1COCSC1. The molecule has 0 saturated carbocycles. The highest BCUT2D eigenvalue weighted by atomic mass is 32.2. The second-order valence-corrected chi connectivity index (χ2v) is 2.60. The Labute approximate surface area is 47.4 Å². The van der Waals surface area contributed by atoms with Crippen LogP contribution in [0, 0.1) is 0 Å². The summed E-state index contributed by atoms with van der Waals surface area (Å²) in [5.41, 5.74) is 5.49. The van der Waals surface area contributed by atoms with Crippen molar-refractivity contribution in [2.75, 3.05) is 18.3 Å². The van der Waals surface area contributed by atoms with Crippen LogP contribution >= 0.6 is 11.8 Å². The van der Waals surface area contributed by atoms with Crippen LogP contribution in [0.2, 0.25) is 0 Å². The van der Waals surface area contributed by atoms with Crippen LogP contribution in [0.3, 0.4) is 0 Å². The summed E-state index contributed by atoms with van der Waals surface area (Å²) in [5.74, 6) is 1.88. The first-order valence-corrected chi connectivity index (χ1v) is 3.46. The lowest BCUT2D eigenvalue weighted by Crippen LogP contribution is -2.32. The average molecular weight is 119 g/mol. The lowest BCUT2D eigenvalue weighted by molar-refractivity contribution is 0.163. The summed E-state index contributed by atoms with van der Waals surface area (Å²) in [6, 6.07) is 0.277. The molecular formula is C4H9NOS. The molecule has 1 saturated heterocycles. The summed E-state index contributed by atoms with van der Waals surface area (Å²) < 4.78 is 5.02. The van der Waals surface area contributed by atoms with Crippen molar-refractivity contribution in [2.24, 2.45) is 5.73 Å². The molecule has 0 aromatic heterocycles. The largest absolute Gasteiger partial charge is 0.369 e. The van der Waals surface area contributed by atoms with Crippen molar-refractivity contribution < 1.29 is 4.74 Å². The highest BCUT2D eigenvalue weighted by Gasteiger charge is 2.06. The Morgan fingerprint density at radius 1 is 1.71 bits per heavy atom. The fraction of sp³-hybridized carbons (Fsp3) is 1.00. The zero-order valence-electron chi connectivity index (χ0n) is 4.09. The van der Waals surface area contributed by atoms with E-state index in [1.165, 1.54) is 0 Å². The van der Waals surface area contributed by atoms with Crippen molar-refractivity contribution in [1.29, 1.82) is 0 Å². The molecule has 0 radical (unpaired) electrons. The van der Waals surface area contributed by atoms with Gasteiger partial charge in [0.05, 0.1) is 12.5 Å². The Kier molecular flexibility index (Phi) is 1.97. The summed E-state index contributed by atoms with van der Waals surface area (Å²) in [7, 11) is 0. The van der Waals surface area contributed by atoms with Crippen molar-refractivity contribution in [2.45, 2.75) is 6.04 Å². The first-order chi connectivity index (χ1) is 3.39. The highest BCUT2D eigenvalue weighted by Crippen LogP contribution is 2.07. The van der Waals surface area contributed by atoms with E-state index in [1.807, 2.05) is 0 Å². The smallest absolute Gasteiger partial charge is 0.0922 e. The van der Waals surface area contributed by atoms with E-state index in [-0.39, 0.29) is 6.04 Å². The van der Waals surface area contributed by atoms with Crippen molar-refractivity contribution in [3.05, 3.63) is 0 Å². The number of ether oxygens (including phenoxy) is 1. The molecule has 2 nitrogen and oxygen atoms in total. The third kappa shape index (κ3) is 1.67. The minimum Gasteiger partial charge on any atom is -0.369 e. The Morgan fingerprint density at radius 2 is 2.57 bits per heavy atom. The predicted octanol–water partition coefficient (Wildman–Crippen LogP) is 0.0346. The maximum absolute atomic E-state index is 5.49. The van der Waals surface area contributed by atoms with Gasteiger partial charge in [-0.25, -0.2) is 0 Å². The van der Waals surface area contributed by atoms with E-state index >= 15 is 0 Å². The van der Waals surface area contributed by atoms with Crippen molar-refractivity contribution in [3.63, 3.8) is 0 Å². The molecule has 1 aliphatic rings. The minimum atomic E-state index is 0.277. The van der Waals surface area contributed by atoms with Gasteiger partial charge < -0.3 is 10.5 Å². The lowest BCUT2D eigenvalue weighted by atomic mass is 10.4. The molecule has 0 spiro atoms. The molecule has 7 heavy (non-hydrogen) atoms. The van der Waals surface area contributed by atoms with Gasteiger partial charge in [-0.15, -0.1) is 11.8 Å². The number of nitrogens with two attached hydrogens (primary N) is 1. The predicted molar refractivity (Wildman–Crippen MR) is 31.3 cm³/mol. The zero-order valence-corrected chi connectivity index (χ0v) is 4.91. The Hall–Kier alpha value is 0.270. The molecule has 3 heteroatoms. The van der Waals surface area contributed by atoms with Crippen LogP contribution in [0.4, 0.5) is 0 Å². The topological polar surface area (TPSA) is 35.2 Å². The van der Waals surface area contributed by atoms with E-state index in [2.05, 4.69) is 0 Å². The van der Waals surface area contributed by atoms with Crippen LogP contribution in [0.1, 0.15) is 0 Å². The lowest BCUT2D eigenvalue weighted by Gasteiger charge is -2.16. The summed E-state index contributed by atoms with van der Waals surface area (Å²) in [5, 5.41) is 0. The van der Waals surface area contributed by atoms with E-state index in [0.29, 0.717) is 0 Å². The molecule has 1 fully saturated rings. The monoisotopic (exact) mass is 119 g/mol. The van der Waals surface area contributed by atoms with E-state index in [0.717, 1.165) is 18.3 Å². The molecule has 0 bridgehead atoms. The first-order valence-electron chi connectivity index (χ1n) is 2.30. The summed E-state index contributed by atoms with van der Waals surface area (Å²) in [6.45, 7) is 0.743. The van der Waals surface area contributed by atoms with E-state index in [4.69, 9.17) is 10.5 Å². The number of thioether (sulfide) groups is 1. The molecule has 42 valence electrons. The zero-order chi connectivity index (χ0) is 5.11. The van der Waals surface area contributed by atoms with Gasteiger partial charge in [-0.2, -0.15) is 0 Å². The van der Waals surface area contributed by atoms with Gasteiger partial charge in [0, 0.05) is 11.8 Å². The van der Waals surface area contributed by atoms with Crippen LogP contribution in [0.25, 0.3) is 0 Å². The number of rotatable bonds is 0. The minimum absolute atomic E-state index is 0.277. The number of hydrogen-bond donors (Lipinski definition) is 1. The molecule has 0 aromatic carbocycles. The fourth-order valence-corrected chi connectivity index (χ4v) is 1.22. The van der Waals surface area contributed by atoms with E-state index in [1.54, 1.807) is 11.8 Å². The van der Waals surface area contributed by atoms with Crippen LogP contribution in [-0.4, -0.2) is 24.3 Å². The normalized spacial score (nSPS) is 33.0. The molecule has 0 amide bonds.